The average molecular weight is 226 g/mol. The van der Waals surface area contributed by atoms with Gasteiger partial charge in [0, 0.05) is 19.2 Å². The molecule has 2 fully saturated rings. The predicted octanol–water partition coefficient (Wildman–Crippen LogP) is 1.17. The third-order valence-electron chi connectivity index (χ3n) is 4.33. The van der Waals surface area contributed by atoms with Gasteiger partial charge in [0.15, 0.2) is 0 Å². The van der Waals surface area contributed by atoms with Crippen LogP contribution in [0.4, 0.5) is 0 Å². The van der Waals surface area contributed by atoms with Crippen molar-refractivity contribution in [3.8, 4) is 0 Å². The van der Waals surface area contributed by atoms with Gasteiger partial charge in [-0.2, -0.15) is 0 Å². The number of aliphatic hydroxyl groups is 1. The molecule has 16 heavy (non-hydrogen) atoms. The summed E-state index contributed by atoms with van der Waals surface area (Å²) in [7, 11) is 0. The molecule has 2 rings (SSSR count). The van der Waals surface area contributed by atoms with Crippen LogP contribution >= 0.6 is 0 Å². The minimum Gasteiger partial charge on any atom is -0.396 e. The zero-order valence-electron chi connectivity index (χ0n) is 10.6. The van der Waals surface area contributed by atoms with E-state index >= 15 is 0 Å². The highest BCUT2D eigenvalue weighted by Gasteiger charge is 2.27. The molecule has 1 atom stereocenters. The van der Waals surface area contributed by atoms with Crippen LogP contribution in [0.3, 0.4) is 0 Å². The van der Waals surface area contributed by atoms with E-state index in [0.717, 1.165) is 12.6 Å². The Morgan fingerprint density at radius 1 is 1.12 bits per heavy atom. The lowest BCUT2D eigenvalue weighted by Gasteiger charge is -2.41. The summed E-state index contributed by atoms with van der Waals surface area (Å²) < 4.78 is 0. The van der Waals surface area contributed by atoms with Crippen molar-refractivity contribution in [3.05, 3.63) is 0 Å². The van der Waals surface area contributed by atoms with E-state index in [2.05, 4.69) is 16.7 Å². The van der Waals surface area contributed by atoms with Gasteiger partial charge in [0.2, 0.25) is 0 Å². The van der Waals surface area contributed by atoms with Crippen LogP contribution in [0.1, 0.15) is 32.6 Å². The summed E-state index contributed by atoms with van der Waals surface area (Å²) in [5.74, 6) is 0.540. The Morgan fingerprint density at radius 2 is 1.88 bits per heavy atom. The molecule has 2 saturated heterocycles. The van der Waals surface area contributed by atoms with Gasteiger partial charge in [-0.1, -0.05) is 6.92 Å². The molecule has 2 heterocycles. The lowest BCUT2D eigenvalue weighted by molar-refractivity contribution is 0.0554. The summed E-state index contributed by atoms with van der Waals surface area (Å²) in [6.45, 7) is 8.75. The van der Waals surface area contributed by atoms with Crippen LogP contribution in [0.15, 0.2) is 0 Å². The van der Waals surface area contributed by atoms with E-state index in [0.29, 0.717) is 12.5 Å². The minimum atomic E-state index is 0.379. The van der Waals surface area contributed by atoms with Gasteiger partial charge in [0.05, 0.1) is 0 Å². The Labute approximate surface area is 99.4 Å². The highest BCUT2D eigenvalue weighted by Crippen LogP contribution is 2.23. The predicted molar refractivity (Wildman–Crippen MR) is 66.5 cm³/mol. The quantitative estimate of drug-likeness (QED) is 0.783. The summed E-state index contributed by atoms with van der Waals surface area (Å²) >= 11 is 0. The molecule has 0 aromatic carbocycles. The zero-order chi connectivity index (χ0) is 11.4. The fourth-order valence-corrected chi connectivity index (χ4v) is 3.18. The Kier molecular flexibility index (Phi) is 4.62. The van der Waals surface area contributed by atoms with Gasteiger partial charge < -0.3 is 10.0 Å². The third-order valence-corrected chi connectivity index (χ3v) is 4.33. The lowest BCUT2D eigenvalue weighted by Crippen LogP contribution is -2.48. The first-order valence-electron chi connectivity index (χ1n) is 6.90. The van der Waals surface area contributed by atoms with E-state index in [1.165, 1.54) is 51.9 Å². The van der Waals surface area contributed by atoms with Gasteiger partial charge in [-0.05, 0) is 57.8 Å². The number of hydrogen-bond donors (Lipinski definition) is 1. The van der Waals surface area contributed by atoms with Gasteiger partial charge >= 0.3 is 0 Å². The van der Waals surface area contributed by atoms with E-state index < -0.39 is 0 Å². The number of aliphatic hydroxyl groups excluding tert-OH is 1. The summed E-state index contributed by atoms with van der Waals surface area (Å²) in [6, 6.07) is 0.789. The maximum Gasteiger partial charge on any atom is 0.0471 e. The van der Waals surface area contributed by atoms with Gasteiger partial charge in [-0.25, -0.2) is 0 Å². The van der Waals surface area contributed by atoms with Gasteiger partial charge in [0.1, 0.15) is 0 Å². The molecule has 2 aliphatic heterocycles. The van der Waals surface area contributed by atoms with E-state index in [1.807, 2.05) is 0 Å². The Balaban J connectivity index is 1.79. The summed E-state index contributed by atoms with van der Waals surface area (Å²) in [5.41, 5.74) is 0. The average Bonchev–Trinajstić information content (AvgIpc) is 2.39. The monoisotopic (exact) mass is 226 g/mol. The van der Waals surface area contributed by atoms with Crippen LogP contribution in [0.2, 0.25) is 0 Å². The number of piperidine rings is 2. The van der Waals surface area contributed by atoms with Crippen LogP contribution < -0.4 is 0 Å². The van der Waals surface area contributed by atoms with Crippen LogP contribution in [-0.4, -0.2) is 60.3 Å². The molecule has 0 aliphatic carbocycles. The Morgan fingerprint density at radius 3 is 2.50 bits per heavy atom. The fourth-order valence-electron chi connectivity index (χ4n) is 3.18. The smallest absolute Gasteiger partial charge is 0.0471 e. The Bertz CT molecular complexity index is 202. The SMILES string of the molecule is CCN1CCC(N2CCC[C@@H](CO)C2)CC1. The van der Waals surface area contributed by atoms with E-state index in [-0.39, 0.29) is 0 Å². The summed E-state index contributed by atoms with van der Waals surface area (Å²) in [4.78, 5) is 5.18. The Hall–Kier alpha value is -0.120. The molecule has 0 saturated carbocycles. The highest BCUT2D eigenvalue weighted by atomic mass is 16.3. The first-order chi connectivity index (χ1) is 7.83. The van der Waals surface area contributed by atoms with Crippen LogP contribution in [-0.2, 0) is 0 Å². The second-order valence-corrected chi connectivity index (χ2v) is 5.35. The van der Waals surface area contributed by atoms with Crippen molar-refractivity contribution in [2.45, 2.75) is 38.6 Å². The molecule has 94 valence electrons. The van der Waals surface area contributed by atoms with Gasteiger partial charge in [0.25, 0.3) is 0 Å². The molecular weight excluding hydrogens is 200 g/mol. The molecule has 3 heteroatoms. The molecule has 0 aromatic rings. The van der Waals surface area contributed by atoms with Crippen molar-refractivity contribution < 1.29 is 5.11 Å². The lowest BCUT2D eigenvalue weighted by atomic mass is 9.94. The number of nitrogens with zero attached hydrogens (tertiary/aromatic N) is 2. The van der Waals surface area contributed by atoms with Crippen LogP contribution in [0, 0.1) is 5.92 Å². The summed E-state index contributed by atoms with van der Waals surface area (Å²) in [5, 5.41) is 9.25. The molecule has 0 radical (unpaired) electrons. The fraction of sp³-hybridized carbons (Fsp3) is 1.00. The molecular formula is C13H26N2O. The standard InChI is InChI=1S/C13H26N2O/c1-2-14-8-5-13(6-9-14)15-7-3-4-12(10-15)11-16/h12-13,16H,2-11H2,1H3/t12-/m1/s1. The van der Waals surface area contributed by atoms with Gasteiger partial charge in [-0.15, -0.1) is 0 Å². The van der Waals surface area contributed by atoms with Crippen LogP contribution in [0.5, 0.6) is 0 Å². The topological polar surface area (TPSA) is 26.7 Å². The highest BCUT2D eigenvalue weighted by molar-refractivity contribution is 4.83. The second-order valence-electron chi connectivity index (χ2n) is 5.35. The maximum atomic E-state index is 9.25. The largest absolute Gasteiger partial charge is 0.396 e. The van der Waals surface area contributed by atoms with Crippen molar-refractivity contribution in [1.29, 1.82) is 0 Å². The maximum absolute atomic E-state index is 9.25. The van der Waals surface area contributed by atoms with Gasteiger partial charge in [-0.3, -0.25) is 4.90 Å². The molecule has 0 bridgehead atoms. The second kappa shape index (κ2) is 5.99. The number of hydrogen-bond acceptors (Lipinski definition) is 3. The zero-order valence-corrected chi connectivity index (χ0v) is 10.6. The molecule has 2 aliphatic rings. The molecule has 0 amide bonds. The van der Waals surface area contributed by atoms with E-state index in [1.54, 1.807) is 0 Å². The minimum absolute atomic E-state index is 0.379. The van der Waals surface area contributed by atoms with Crippen molar-refractivity contribution in [2.24, 2.45) is 5.92 Å². The summed E-state index contributed by atoms with van der Waals surface area (Å²) in [6.07, 6.45) is 5.15. The van der Waals surface area contributed by atoms with Crippen molar-refractivity contribution in [2.75, 3.05) is 39.3 Å². The molecule has 3 nitrogen and oxygen atoms in total. The molecule has 0 aromatic heterocycles. The van der Waals surface area contributed by atoms with E-state index in [9.17, 15) is 5.11 Å². The molecule has 1 N–H and O–H groups in total. The first-order valence-corrected chi connectivity index (χ1v) is 6.90. The third kappa shape index (κ3) is 2.96. The van der Waals surface area contributed by atoms with Crippen molar-refractivity contribution in [3.63, 3.8) is 0 Å². The first kappa shape index (κ1) is 12.3. The number of rotatable bonds is 3. The molecule has 0 spiro atoms. The molecule has 0 unspecified atom stereocenters. The van der Waals surface area contributed by atoms with Crippen molar-refractivity contribution >= 4 is 0 Å². The van der Waals surface area contributed by atoms with E-state index in [4.69, 9.17) is 0 Å². The van der Waals surface area contributed by atoms with Crippen LogP contribution in [0.25, 0.3) is 0 Å². The normalized spacial score (nSPS) is 30.8. The van der Waals surface area contributed by atoms with Crippen molar-refractivity contribution in [1.82, 2.24) is 9.80 Å². The number of likely N-dealkylation sites (tertiary alicyclic amines) is 2.